The fraction of sp³-hybridized carbons (Fsp3) is 0.389. The minimum atomic E-state index is -0.369. The molecule has 2 N–H and O–H groups in total. The first-order valence-electron chi connectivity index (χ1n) is 8.36. The standard InChI is InChI=1S/C18H22N4O3/c1-25-18(24)22-10-2-3-15(12-22)17(23)19-11-13-4-6-14(7-5-13)16-8-9-20-21-16/h4-9,15H,2-3,10-12H2,1H3,(H,19,23)(H,20,21)/t15-/m1/s1. The van der Waals surface area contributed by atoms with E-state index in [2.05, 4.69) is 15.5 Å². The second-order valence-electron chi connectivity index (χ2n) is 6.14. The summed E-state index contributed by atoms with van der Waals surface area (Å²) in [6.45, 7) is 1.53. The highest BCUT2D eigenvalue weighted by Crippen LogP contribution is 2.19. The summed E-state index contributed by atoms with van der Waals surface area (Å²) in [6, 6.07) is 9.87. The van der Waals surface area contributed by atoms with Gasteiger partial charge in [-0.2, -0.15) is 5.10 Å². The third-order valence-electron chi connectivity index (χ3n) is 4.46. The van der Waals surface area contributed by atoms with Crippen molar-refractivity contribution in [2.45, 2.75) is 19.4 Å². The van der Waals surface area contributed by atoms with Gasteiger partial charge in [0.15, 0.2) is 0 Å². The lowest BCUT2D eigenvalue weighted by atomic mass is 9.97. The quantitative estimate of drug-likeness (QED) is 0.891. The molecule has 1 aliphatic heterocycles. The second kappa shape index (κ2) is 7.83. The fourth-order valence-corrected chi connectivity index (χ4v) is 3.04. The number of piperidine rings is 1. The van der Waals surface area contributed by atoms with E-state index in [4.69, 9.17) is 4.74 Å². The zero-order valence-electron chi connectivity index (χ0n) is 14.2. The van der Waals surface area contributed by atoms with Crippen molar-refractivity contribution in [2.24, 2.45) is 5.92 Å². The van der Waals surface area contributed by atoms with Gasteiger partial charge in [-0.05, 0) is 30.0 Å². The minimum absolute atomic E-state index is 0.0220. The van der Waals surface area contributed by atoms with Crippen molar-refractivity contribution in [3.8, 4) is 11.3 Å². The SMILES string of the molecule is COC(=O)N1CCC[C@@H](C(=O)NCc2ccc(-c3ccn[nH]3)cc2)C1. The number of rotatable bonds is 4. The van der Waals surface area contributed by atoms with Gasteiger partial charge in [0.05, 0.1) is 18.7 Å². The average molecular weight is 342 g/mol. The summed E-state index contributed by atoms with van der Waals surface area (Å²) in [6.07, 6.45) is 2.95. The predicted octanol–water partition coefficient (Wildman–Crippen LogP) is 2.17. The van der Waals surface area contributed by atoms with E-state index in [9.17, 15) is 9.59 Å². The molecule has 1 saturated heterocycles. The van der Waals surface area contributed by atoms with Crippen molar-refractivity contribution in [1.29, 1.82) is 0 Å². The molecule has 0 spiro atoms. The summed E-state index contributed by atoms with van der Waals surface area (Å²) in [5, 5.41) is 9.82. The lowest BCUT2D eigenvalue weighted by Gasteiger charge is -2.30. The summed E-state index contributed by atoms with van der Waals surface area (Å²) in [4.78, 5) is 25.6. The Morgan fingerprint density at radius 1 is 1.32 bits per heavy atom. The highest BCUT2D eigenvalue weighted by molar-refractivity contribution is 5.80. The Bertz CT molecular complexity index is 712. The summed E-state index contributed by atoms with van der Waals surface area (Å²) in [7, 11) is 1.36. The number of hydrogen-bond acceptors (Lipinski definition) is 4. The lowest BCUT2D eigenvalue weighted by molar-refractivity contribution is -0.126. The van der Waals surface area contributed by atoms with Crippen molar-refractivity contribution in [3.05, 3.63) is 42.1 Å². The predicted molar refractivity (Wildman–Crippen MR) is 92.6 cm³/mol. The van der Waals surface area contributed by atoms with Crippen LogP contribution in [0.4, 0.5) is 4.79 Å². The van der Waals surface area contributed by atoms with E-state index < -0.39 is 0 Å². The van der Waals surface area contributed by atoms with Crippen LogP contribution in [0, 0.1) is 5.92 Å². The maximum absolute atomic E-state index is 12.4. The van der Waals surface area contributed by atoms with Gasteiger partial charge in [-0.25, -0.2) is 4.79 Å². The molecule has 0 bridgehead atoms. The van der Waals surface area contributed by atoms with Gasteiger partial charge in [-0.15, -0.1) is 0 Å². The van der Waals surface area contributed by atoms with Crippen LogP contribution < -0.4 is 5.32 Å². The van der Waals surface area contributed by atoms with Gasteiger partial charge in [-0.1, -0.05) is 24.3 Å². The molecule has 0 aliphatic carbocycles. The molecule has 0 saturated carbocycles. The maximum Gasteiger partial charge on any atom is 0.409 e. The van der Waals surface area contributed by atoms with Gasteiger partial charge in [0.1, 0.15) is 0 Å². The molecule has 2 heterocycles. The molecular formula is C18H22N4O3. The van der Waals surface area contributed by atoms with Crippen LogP contribution >= 0.6 is 0 Å². The van der Waals surface area contributed by atoms with Crippen LogP contribution in [0.2, 0.25) is 0 Å². The molecular weight excluding hydrogens is 320 g/mol. The van der Waals surface area contributed by atoms with Gasteiger partial charge < -0.3 is 15.0 Å². The molecule has 7 heteroatoms. The molecule has 2 amide bonds. The van der Waals surface area contributed by atoms with E-state index in [0.29, 0.717) is 19.6 Å². The highest BCUT2D eigenvalue weighted by Gasteiger charge is 2.28. The van der Waals surface area contributed by atoms with Crippen LogP contribution in [0.25, 0.3) is 11.3 Å². The lowest BCUT2D eigenvalue weighted by Crippen LogP contribution is -2.45. The van der Waals surface area contributed by atoms with Gasteiger partial charge in [-0.3, -0.25) is 9.89 Å². The Hall–Kier alpha value is -2.83. The summed E-state index contributed by atoms with van der Waals surface area (Å²) < 4.78 is 4.74. The van der Waals surface area contributed by atoms with E-state index in [0.717, 1.165) is 29.7 Å². The number of ether oxygens (including phenoxy) is 1. The Morgan fingerprint density at radius 2 is 2.12 bits per heavy atom. The number of carbonyl (C=O) groups excluding carboxylic acids is 2. The molecule has 1 fully saturated rings. The molecule has 132 valence electrons. The number of nitrogens with zero attached hydrogens (tertiary/aromatic N) is 2. The third kappa shape index (κ3) is 4.17. The summed E-state index contributed by atoms with van der Waals surface area (Å²) in [5.41, 5.74) is 3.03. The first kappa shape index (κ1) is 17.0. The molecule has 1 aliphatic rings. The molecule has 0 radical (unpaired) electrons. The van der Waals surface area contributed by atoms with E-state index in [1.165, 1.54) is 7.11 Å². The van der Waals surface area contributed by atoms with Crippen LogP contribution in [-0.4, -0.2) is 47.3 Å². The molecule has 3 rings (SSSR count). The normalized spacial score (nSPS) is 17.2. The number of amides is 2. The molecule has 7 nitrogen and oxygen atoms in total. The third-order valence-corrected chi connectivity index (χ3v) is 4.46. The number of aromatic amines is 1. The molecule has 25 heavy (non-hydrogen) atoms. The Kier molecular flexibility index (Phi) is 5.33. The van der Waals surface area contributed by atoms with Gasteiger partial charge in [0.25, 0.3) is 0 Å². The average Bonchev–Trinajstić information content (AvgIpc) is 3.20. The monoisotopic (exact) mass is 342 g/mol. The highest BCUT2D eigenvalue weighted by atomic mass is 16.5. The first-order valence-corrected chi connectivity index (χ1v) is 8.36. The molecule has 1 atom stereocenters. The number of H-pyrrole nitrogens is 1. The number of aromatic nitrogens is 2. The summed E-state index contributed by atoms with van der Waals surface area (Å²) in [5.74, 6) is -0.205. The van der Waals surface area contributed by atoms with Crippen molar-refractivity contribution >= 4 is 12.0 Å². The minimum Gasteiger partial charge on any atom is -0.453 e. The van der Waals surface area contributed by atoms with Crippen molar-refractivity contribution in [2.75, 3.05) is 20.2 Å². The maximum atomic E-state index is 12.4. The first-order chi connectivity index (χ1) is 12.2. The molecule has 2 aromatic rings. The van der Waals surface area contributed by atoms with Crippen LogP contribution in [0.15, 0.2) is 36.5 Å². The van der Waals surface area contributed by atoms with E-state index in [-0.39, 0.29) is 17.9 Å². The molecule has 0 unspecified atom stereocenters. The van der Waals surface area contributed by atoms with E-state index in [1.807, 2.05) is 30.3 Å². The second-order valence-corrected chi connectivity index (χ2v) is 6.14. The Balaban J connectivity index is 1.52. The van der Waals surface area contributed by atoms with Crippen LogP contribution in [0.3, 0.4) is 0 Å². The number of carbonyl (C=O) groups is 2. The smallest absolute Gasteiger partial charge is 0.409 e. The van der Waals surface area contributed by atoms with Gasteiger partial charge in [0.2, 0.25) is 5.91 Å². The van der Waals surface area contributed by atoms with Gasteiger partial charge >= 0.3 is 6.09 Å². The molecule has 1 aromatic heterocycles. The van der Waals surface area contributed by atoms with Gasteiger partial charge in [0, 0.05) is 25.8 Å². The zero-order chi connectivity index (χ0) is 17.6. The Morgan fingerprint density at radius 3 is 2.80 bits per heavy atom. The number of nitrogens with one attached hydrogen (secondary N) is 2. The molecule has 1 aromatic carbocycles. The largest absolute Gasteiger partial charge is 0.453 e. The van der Waals surface area contributed by atoms with Crippen LogP contribution in [0.5, 0.6) is 0 Å². The number of hydrogen-bond donors (Lipinski definition) is 2. The Labute approximate surface area is 146 Å². The van der Waals surface area contributed by atoms with Crippen molar-refractivity contribution in [3.63, 3.8) is 0 Å². The van der Waals surface area contributed by atoms with Crippen LogP contribution in [-0.2, 0) is 16.1 Å². The number of benzene rings is 1. The zero-order valence-corrected chi connectivity index (χ0v) is 14.2. The van der Waals surface area contributed by atoms with E-state index >= 15 is 0 Å². The van der Waals surface area contributed by atoms with Crippen molar-refractivity contribution in [1.82, 2.24) is 20.4 Å². The number of likely N-dealkylation sites (tertiary alicyclic amines) is 1. The topological polar surface area (TPSA) is 87.3 Å². The summed E-state index contributed by atoms with van der Waals surface area (Å²) >= 11 is 0. The fourth-order valence-electron chi connectivity index (χ4n) is 3.04. The van der Waals surface area contributed by atoms with Crippen molar-refractivity contribution < 1.29 is 14.3 Å². The van der Waals surface area contributed by atoms with E-state index in [1.54, 1.807) is 11.1 Å². The van der Waals surface area contributed by atoms with Crippen LogP contribution in [0.1, 0.15) is 18.4 Å². The number of methoxy groups -OCH3 is 1.